The fraction of sp³-hybridized carbons (Fsp3) is 0.462. The van der Waals surface area contributed by atoms with E-state index in [-0.39, 0.29) is 0 Å². The van der Waals surface area contributed by atoms with Crippen molar-refractivity contribution in [2.24, 2.45) is 5.92 Å². The van der Waals surface area contributed by atoms with E-state index in [1.165, 1.54) is 5.56 Å². The average Bonchev–Trinajstić information content (AvgIpc) is 2.56. The van der Waals surface area contributed by atoms with Crippen LogP contribution < -0.4 is 0 Å². The second-order valence-corrected chi connectivity index (χ2v) is 5.48. The highest BCUT2D eigenvalue weighted by atomic mass is 79.9. The summed E-state index contributed by atoms with van der Waals surface area (Å²) in [5.41, 5.74) is 4.23. The van der Waals surface area contributed by atoms with Crippen molar-refractivity contribution in [3.8, 4) is 0 Å². The van der Waals surface area contributed by atoms with Gasteiger partial charge in [0, 0.05) is 10.9 Å². The average molecular weight is 282 g/mol. The Labute approximate surface area is 104 Å². The first-order valence-corrected chi connectivity index (χ1v) is 6.33. The Morgan fingerprint density at radius 2 is 2.06 bits per heavy atom. The maximum atomic E-state index is 5.76. The first-order valence-electron chi connectivity index (χ1n) is 5.54. The molecule has 16 heavy (non-hydrogen) atoms. The van der Waals surface area contributed by atoms with Crippen molar-refractivity contribution in [1.82, 2.24) is 4.98 Å². The highest BCUT2D eigenvalue weighted by molar-refractivity contribution is 9.10. The number of aryl methyl sites for hydroxylation is 2. The maximum absolute atomic E-state index is 5.76. The zero-order valence-corrected chi connectivity index (χ0v) is 11.7. The fourth-order valence-electron chi connectivity index (χ4n) is 1.84. The number of rotatable bonds is 2. The first kappa shape index (κ1) is 11.6. The lowest BCUT2D eigenvalue weighted by Crippen LogP contribution is -1.93. The molecule has 1 heterocycles. The van der Waals surface area contributed by atoms with E-state index in [2.05, 4.69) is 48.6 Å². The van der Waals surface area contributed by atoms with Gasteiger partial charge in [0.15, 0.2) is 11.5 Å². The molecule has 0 N–H and O–H groups in total. The molecule has 0 fully saturated rings. The Morgan fingerprint density at radius 1 is 1.38 bits per heavy atom. The molecule has 0 radical (unpaired) electrons. The van der Waals surface area contributed by atoms with E-state index < -0.39 is 0 Å². The minimum atomic E-state index is 0.568. The van der Waals surface area contributed by atoms with Crippen molar-refractivity contribution in [3.05, 3.63) is 27.6 Å². The molecule has 2 aromatic rings. The summed E-state index contributed by atoms with van der Waals surface area (Å²) in [6.07, 6.45) is 0.894. The van der Waals surface area contributed by atoms with Gasteiger partial charge in [-0.05, 0) is 37.0 Å². The summed E-state index contributed by atoms with van der Waals surface area (Å²) < 4.78 is 6.89. The van der Waals surface area contributed by atoms with Crippen molar-refractivity contribution in [1.29, 1.82) is 0 Å². The summed E-state index contributed by atoms with van der Waals surface area (Å²) in [6.45, 7) is 8.48. The smallest absolute Gasteiger partial charge is 0.195 e. The Hall–Kier alpha value is -0.830. The van der Waals surface area contributed by atoms with Crippen LogP contribution in [0.1, 0.15) is 30.9 Å². The second-order valence-electron chi connectivity index (χ2n) is 4.68. The zero-order valence-electron chi connectivity index (χ0n) is 10.1. The van der Waals surface area contributed by atoms with Crippen LogP contribution in [0.4, 0.5) is 0 Å². The Balaban J connectivity index is 2.57. The molecule has 0 amide bonds. The van der Waals surface area contributed by atoms with Gasteiger partial charge in [0.05, 0.1) is 0 Å². The van der Waals surface area contributed by atoms with Gasteiger partial charge in [-0.15, -0.1) is 0 Å². The molecule has 0 aliphatic heterocycles. The third-order valence-corrected chi connectivity index (χ3v) is 3.88. The van der Waals surface area contributed by atoms with Gasteiger partial charge in [-0.1, -0.05) is 29.8 Å². The van der Waals surface area contributed by atoms with E-state index in [0.29, 0.717) is 5.92 Å². The molecule has 0 spiro atoms. The monoisotopic (exact) mass is 281 g/mol. The van der Waals surface area contributed by atoms with Crippen LogP contribution in [0, 0.1) is 19.8 Å². The van der Waals surface area contributed by atoms with Gasteiger partial charge in [-0.3, -0.25) is 0 Å². The van der Waals surface area contributed by atoms with E-state index in [0.717, 1.165) is 33.4 Å². The van der Waals surface area contributed by atoms with E-state index in [9.17, 15) is 0 Å². The van der Waals surface area contributed by atoms with Crippen LogP contribution in [-0.4, -0.2) is 4.98 Å². The molecule has 2 nitrogen and oxygen atoms in total. The van der Waals surface area contributed by atoms with E-state index in [1.807, 2.05) is 6.07 Å². The van der Waals surface area contributed by atoms with Crippen molar-refractivity contribution < 1.29 is 4.42 Å². The largest absolute Gasteiger partial charge is 0.441 e. The van der Waals surface area contributed by atoms with Gasteiger partial charge in [-0.25, -0.2) is 4.98 Å². The first-order chi connectivity index (χ1) is 7.49. The highest BCUT2D eigenvalue weighted by Crippen LogP contribution is 2.29. The molecule has 0 unspecified atom stereocenters. The topological polar surface area (TPSA) is 26.0 Å². The van der Waals surface area contributed by atoms with Crippen LogP contribution in [0.3, 0.4) is 0 Å². The summed E-state index contributed by atoms with van der Waals surface area (Å²) in [6, 6.07) is 2.04. The summed E-state index contributed by atoms with van der Waals surface area (Å²) in [7, 11) is 0. The molecule has 0 bridgehead atoms. The minimum Gasteiger partial charge on any atom is -0.441 e. The van der Waals surface area contributed by atoms with E-state index in [4.69, 9.17) is 4.42 Å². The summed E-state index contributed by atoms with van der Waals surface area (Å²) in [5, 5.41) is 0. The van der Waals surface area contributed by atoms with Crippen LogP contribution in [-0.2, 0) is 6.42 Å². The standard InChI is InChI=1S/C13H16BrNO/c1-7(2)5-11-15-13-9(4)12(14)8(3)6-10(13)16-11/h6-7H,5H2,1-4H3. The Kier molecular flexibility index (Phi) is 3.06. The number of oxazole rings is 1. The van der Waals surface area contributed by atoms with Crippen molar-refractivity contribution in [3.63, 3.8) is 0 Å². The zero-order chi connectivity index (χ0) is 11.9. The van der Waals surface area contributed by atoms with Crippen LogP contribution >= 0.6 is 15.9 Å². The van der Waals surface area contributed by atoms with Crippen LogP contribution in [0.25, 0.3) is 11.1 Å². The molecular weight excluding hydrogens is 266 g/mol. The Bertz CT molecular complexity index is 528. The molecule has 0 aliphatic rings. The summed E-state index contributed by atoms with van der Waals surface area (Å²) in [4.78, 5) is 4.56. The predicted octanol–water partition coefficient (Wildman–Crippen LogP) is 4.41. The maximum Gasteiger partial charge on any atom is 0.195 e. The number of nitrogens with zero attached hydrogens (tertiary/aromatic N) is 1. The second kappa shape index (κ2) is 4.21. The molecular formula is C13H16BrNO. The number of fused-ring (bicyclic) bond motifs is 1. The van der Waals surface area contributed by atoms with Crippen LogP contribution in [0.2, 0.25) is 0 Å². The number of benzene rings is 1. The predicted molar refractivity (Wildman–Crippen MR) is 69.7 cm³/mol. The summed E-state index contributed by atoms with van der Waals surface area (Å²) in [5.74, 6) is 1.41. The molecule has 1 aromatic heterocycles. The fourth-order valence-corrected chi connectivity index (χ4v) is 2.14. The van der Waals surface area contributed by atoms with Crippen molar-refractivity contribution >= 4 is 27.0 Å². The molecule has 0 saturated carbocycles. The molecule has 0 atom stereocenters. The molecule has 2 rings (SSSR count). The van der Waals surface area contributed by atoms with Crippen LogP contribution in [0.15, 0.2) is 15.0 Å². The molecule has 3 heteroatoms. The van der Waals surface area contributed by atoms with E-state index >= 15 is 0 Å². The van der Waals surface area contributed by atoms with Gasteiger partial charge in [0.1, 0.15) is 5.52 Å². The molecule has 1 aromatic carbocycles. The third-order valence-electron chi connectivity index (χ3n) is 2.66. The number of hydrogen-bond donors (Lipinski definition) is 0. The van der Waals surface area contributed by atoms with Gasteiger partial charge in [0.2, 0.25) is 0 Å². The van der Waals surface area contributed by atoms with Gasteiger partial charge < -0.3 is 4.42 Å². The Morgan fingerprint density at radius 3 is 2.69 bits per heavy atom. The normalized spacial score (nSPS) is 11.6. The minimum absolute atomic E-state index is 0.568. The molecule has 0 saturated heterocycles. The van der Waals surface area contributed by atoms with Crippen LogP contribution in [0.5, 0.6) is 0 Å². The summed E-state index contributed by atoms with van der Waals surface area (Å²) >= 11 is 3.58. The number of hydrogen-bond acceptors (Lipinski definition) is 2. The quantitative estimate of drug-likeness (QED) is 0.815. The number of halogens is 1. The van der Waals surface area contributed by atoms with Crippen molar-refractivity contribution in [2.75, 3.05) is 0 Å². The van der Waals surface area contributed by atoms with Gasteiger partial charge in [0.25, 0.3) is 0 Å². The van der Waals surface area contributed by atoms with Gasteiger partial charge in [-0.2, -0.15) is 0 Å². The lowest BCUT2D eigenvalue weighted by atomic mass is 10.1. The molecule has 86 valence electrons. The lowest BCUT2D eigenvalue weighted by Gasteiger charge is -2.01. The molecule has 0 aliphatic carbocycles. The highest BCUT2D eigenvalue weighted by Gasteiger charge is 2.12. The SMILES string of the molecule is Cc1cc2oc(CC(C)C)nc2c(C)c1Br. The van der Waals surface area contributed by atoms with Crippen molar-refractivity contribution in [2.45, 2.75) is 34.1 Å². The lowest BCUT2D eigenvalue weighted by molar-refractivity contribution is 0.482. The van der Waals surface area contributed by atoms with E-state index in [1.54, 1.807) is 0 Å². The third kappa shape index (κ3) is 2.01. The number of aromatic nitrogens is 1. The van der Waals surface area contributed by atoms with Gasteiger partial charge >= 0.3 is 0 Å².